The molecule has 1 atom stereocenters. The van der Waals surface area contributed by atoms with Crippen LogP contribution in [0.2, 0.25) is 0 Å². The number of hydrogen-bond donors (Lipinski definition) is 0. The lowest BCUT2D eigenvalue weighted by Gasteiger charge is -2.23. The minimum Gasteiger partial charge on any atom is -0.379 e. The van der Waals surface area contributed by atoms with E-state index in [1.54, 1.807) is 7.11 Å². The molecule has 0 aliphatic heterocycles. The quantitative estimate of drug-likeness (QED) is 0.601. The van der Waals surface area contributed by atoms with Crippen LogP contribution in [0.25, 0.3) is 0 Å². The van der Waals surface area contributed by atoms with Gasteiger partial charge < -0.3 is 4.74 Å². The molecule has 1 aliphatic rings. The van der Waals surface area contributed by atoms with Crippen LogP contribution in [0.15, 0.2) is 0 Å². The van der Waals surface area contributed by atoms with Crippen molar-refractivity contribution < 1.29 is 4.74 Å². The lowest BCUT2D eigenvalue weighted by molar-refractivity contribution is 0.0134. The monoisotopic (exact) mass is 204 g/mol. The maximum absolute atomic E-state index is 6.21. The van der Waals surface area contributed by atoms with Gasteiger partial charge >= 0.3 is 0 Å². The normalized spacial score (nSPS) is 20.3. The van der Waals surface area contributed by atoms with Gasteiger partial charge in [-0.1, -0.05) is 0 Å². The van der Waals surface area contributed by atoms with Gasteiger partial charge in [0.25, 0.3) is 0 Å². The standard InChI is InChI=1S/C11H21ClO/c1-11(2,13-3)8-4-5-10(12)9-6-7-9/h9-10H,4-8H2,1-3H3. The van der Waals surface area contributed by atoms with Crippen LogP contribution in [-0.4, -0.2) is 18.1 Å². The minimum absolute atomic E-state index is 0.0279. The highest BCUT2D eigenvalue weighted by molar-refractivity contribution is 6.20. The van der Waals surface area contributed by atoms with Crippen LogP contribution in [0, 0.1) is 5.92 Å². The van der Waals surface area contributed by atoms with Gasteiger partial charge in [0, 0.05) is 12.5 Å². The van der Waals surface area contributed by atoms with Crippen molar-refractivity contribution in [3.05, 3.63) is 0 Å². The molecule has 1 rings (SSSR count). The van der Waals surface area contributed by atoms with Crippen molar-refractivity contribution in [2.24, 2.45) is 5.92 Å². The second-order valence-corrected chi connectivity index (χ2v) is 5.27. The van der Waals surface area contributed by atoms with Crippen molar-refractivity contribution in [2.45, 2.75) is 56.9 Å². The van der Waals surface area contributed by atoms with Gasteiger partial charge in [0.1, 0.15) is 0 Å². The highest BCUT2D eigenvalue weighted by Gasteiger charge is 2.29. The molecule has 1 fully saturated rings. The summed E-state index contributed by atoms with van der Waals surface area (Å²) in [5.41, 5.74) is 0.0279. The molecular formula is C11H21ClO. The zero-order valence-corrected chi connectivity index (χ0v) is 9.73. The van der Waals surface area contributed by atoms with Crippen LogP contribution in [0.4, 0.5) is 0 Å². The Balaban J connectivity index is 2.05. The number of halogens is 1. The smallest absolute Gasteiger partial charge is 0.0622 e. The van der Waals surface area contributed by atoms with E-state index in [4.69, 9.17) is 16.3 Å². The summed E-state index contributed by atoms with van der Waals surface area (Å²) in [5, 5.41) is 0.424. The summed E-state index contributed by atoms with van der Waals surface area (Å²) < 4.78 is 5.35. The van der Waals surface area contributed by atoms with Gasteiger partial charge in [-0.05, 0) is 51.9 Å². The van der Waals surface area contributed by atoms with Crippen LogP contribution >= 0.6 is 11.6 Å². The molecule has 0 radical (unpaired) electrons. The molecule has 0 aromatic rings. The number of methoxy groups -OCH3 is 1. The van der Waals surface area contributed by atoms with Crippen molar-refractivity contribution in [3.8, 4) is 0 Å². The van der Waals surface area contributed by atoms with Crippen LogP contribution in [0.5, 0.6) is 0 Å². The fourth-order valence-corrected chi connectivity index (χ4v) is 1.92. The third-order valence-electron chi connectivity index (χ3n) is 2.94. The predicted molar refractivity (Wildman–Crippen MR) is 57.3 cm³/mol. The maximum Gasteiger partial charge on any atom is 0.0622 e. The Hall–Kier alpha value is 0.250. The van der Waals surface area contributed by atoms with Crippen molar-refractivity contribution in [2.75, 3.05) is 7.11 Å². The Bertz CT molecular complexity index is 152. The average molecular weight is 205 g/mol. The van der Waals surface area contributed by atoms with Gasteiger partial charge in [-0.3, -0.25) is 0 Å². The van der Waals surface area contributed by atoms with Crippen molar-refractivity contribution in [3.63, 3.8) is 0 Å². The van der Waals surface area contributed by atoms with E-state index in [-0.39, 0.29) is 5.60 Å². The fraction of sp³-hybridized carbons (Fsp3) is 1.00. The van der Waals surface area contributed by atoms with E-state index in [9.17, 15) is 0 Å². The number of hydrogen-bond acceptors (Lipinski definition) is 1. The van der Waals surface area contributed by atoms with E-state index >= 15 is 0 Å². The van der Waals surface area contributed by atoms with Crippen molar-refractivity contribution in [1.29, 1.82) is 0 Å². The maximum atomic E-state index is 6.21. The summed E-state index contributed by atoms with van der Waals surface area (Å²) in [6.07, 6.45) is 6.15. The lowest BCUT2D eigenvalue weighted by Crippen LogP contribution is -2.22. The summed E-state index contributed by atoms with van der Waals surface area (Å²) in [7, 11) is 1.78. The van der Waals surface area contributed by atoms with Gasteiger partial charge in [0.2, 0.25) is 0 Å². The first-order valence-electron chi connectivity index (χ1n) is 5.24. The molecule has 1 aliphatic carbocycles. The first kappa shape index (κ1) is 11.3. The molecular weight excluding hydrogens is 184 g/mol. The summed E-state index contributed by atoms with van der Waals surface area (Å²) in [6, 6.07) is 0. The van der Waals surface area contributed by atoms with Crippen LogP contribution in [0.3, 0.4) is 0 Å². The minimum atomic E-state index is 0.0279. The summed E-state index contributed by atoms with van der Waals surface area (Å²) >= 11 is 6.21. The third kappa shape index (κ3) is 4.33. The zero-order chi connectivity index (χ0) is 9.90. The Labute approximate surface area is 86.8 Å². The highest BCUT2D eigenvalue weighted by Crippen LogP contribution is 2.38. The van der Waals surface area contributed by atoms with Crippen molar-refractivity contribution in [1.82, 2.24) is 0 Å². The molecule has 0 bridgehead atoms. The Morgan fingerprint density at radius 3 is 2.54 bits per heavy atom. The van der Waals surface area contributed by atoms with Gasteiger partial charge in [-0.25, -0.2) is 0 Å². The molecule has 78 valence electrons. The predicted octanol–water partition coefficient (Wildman–Crippen LogP) is 3.60. The Morgan fingerprint density at radius 2 is 2.08 bits per heavy atom. The van der Waals surface area contributed by atoms with E-state index in [1.165, 1.54) is 19.3 Å². The molecule has 0 aromatic carbocycles. The molecule has 1 nitrogen and oxygen atoms in total. The number of alkyl halides is 1. The number of rotatable bonds is 6. The first-order chi connectivity index (χ1) is 6.05. The summed E-state index contributed by atoms with van der Waals surface area (Å²) in [6.45, 7) is 4.26. The summed E-state index contributed by atoms with van der Waals surface area (Å²) in [5.74, 6) is 0.826. The molecule has 0 amide bonds. The first-order valence-corrected chi connectivity index (χ1v) is 5.68. The molecule has 0 N–H and O–H groups in total. The average Bonchev–Trinajstić information content (AvgIpc) is 2.86. The lowest BCUT2D eigenvalue weighted by atomic mass is 9.99. The SMILES string of the molecule is COC(C)(C)CCCC(Cl)C1CC1. The molecule has 1 unspecified atom stereocenters. The highest BCUT2D eigenvalue weighted by atomic mass is 35.5. The second-order valence-electron chi connectivity index (χ2n) is 4.71. The third-order valence-corrected chi connectivity index (χ3v) is 3.52. The molecule has 13 heavy (non-hydrogen) atoms. The van der Waals surface area contributed by atoms with E-state index in [0.29, 0.717) is 5.38 Å². The van der Waals surface area contributed by atoms with Crippen LogP contribution in [0.1, 0.15) is 46.0 Å². The van der Waals surface area contributed by atoms with Gasteiger partial charge in [0.05, 0.1) is 5.60 Å². The van der Waals surface area contributed by atoms with E-state index in [0.717, 1.165) is 18.8 Å². The molecule has 0 spiro atoms. The Kier molecular flexibility index (Phi) is 4.06. The molecule has 2 heteroatoms. The van der Waals surface area contributed by atoms with Crippen molar-refractivity contribution >= 4 is 11.6 Å². The largest absolute Gasteiger partial charge is 0.379 e. The molecule has 0 aromatic heterocycles. The fourth-order valence-electron chi connectivity index (χ4n) is 1.52. The topological polar surface area (TPSA) is 9.23 Å². The van der Waals surface area contributed by atoms with Gasteiger partial charge in [0.15, 0.2) is 0 Å². The summed E-state index contributed by atoms with van der Waals surface area (Å²) in [4.78, 5) is 0. The van der Waals surface area contributed by atoms with Gasteiger partial charge in [-0.15, -0.1) is 11.6 Å². The van der Waals surface area contributed by atoms with E-state index < -0.39 is 0 Å². The number of ether oxygens (including phenoxy) is 1. The molecule has 0 saturated heterocycles. The molecule has 0 heterocycles. The molecule has 1 saturated carbocycles. The van der Waals surface area contributed by atoms with Crippen LogP contribution < -0.4 is 0 Å². The van der Waals surface area contributed by atoms with Gasteiger partial charge in [-0.2, -0.15) is 0 Å². The zero-order valence-electron chi connectivity index (χ0n) is 8.98. The van der Waals surface area contributed by atoms with E-state index in [2.05, 4.69) is 13.8 Å². The van der Waals surface area contributed by atoms with E-state index in [1.807, 2.05) is 0 Å². The Morgan fingerprint density at radius 1 is 1.46 bits per heavy atom. The second kappa shape index (κ2) is 4.65. The van der Waals surface area contributed by atoms with Crippen LogP contribution in [-0.2, 0) is 4.74 Å².